The maximum Gasteiger partial charge on any atom is 0.322 e. The van der Waals surface area contributed by atoms with Crippen LogP contribution >= 0.6 is 0 Å². The second kappa shape index (κ2) is 10.8. The van der Waals surface area contributed by atoms with Crippen LogP contribution in [0.3, 0.4) is 0 Å². The fourth-order valence-corrected chi connectivity index (χ4v) is 3.71. The molecule has 174 valence electrons. The summed E-state index contributed by atoms with van der Waals surface area (Å²) in [4.78, 5) is 16.8. The van der Waals surface area contributed by atoms with Crippen LogP contribution in [0.4, 0.5) is 10.5 Å². The highest BCUT2D eigenvalue weighted by molar-refractivity contribution is 5.91. The number of aromatic nitrogens is 4. The molecule has 2 heterocycles. The molecule has 2 amide bonds. The van der Waals surface area contributed by atoms with Crippen LogP contribution in [0.2, 0.25) is 0 Å². The smallest absolute Gasteiger partial charge is 0.322 e. The van der Waals surface area contributed by atoms with Crippen molar-refractivity contribution >= 4 is 11.7 Å². The van der Waals surface area contributed by atoms with Gasteiger partial charge in [0.1, 0.15) is 11.5 Å². The molecule has 10 heteroatoms. The van der Waals surface area contributed by atoms with Gasteiger partial charge in [-0.05, 0) is 60.7 Å². The molecule has 33 heavy (non-hydrogen) atoms. The molecule has 1 aromatic heterocycles. The summed E-state index contributed by atoms with van der Waals surface area (Å²) < 4.78 is 12.8. The van der Waals surface area contributed by atoms with Gasteiger partial charge < -0.3 is 19.7 Å². The van der Waals surface area contributed by atoms with Gasteiger partial charge in [-0.1, -0.05) is 12.1 Å². The van der Waals surface area contributed by atoms with Gasteiger partial charge in [0, 0.05) is 26.2 Å². The number of carbonyl (C=O) groups excluding carboxylic acids is 1. The van der Waals surface area contributed by atoms with E-state index in [1.54, 1.807) is 4.68 Å². The van der Waals surface area contributed by atoms with Crippen molar-refractivity contribution in [2.75, 3.05) is 44.7 Å². The number of ether oxygens (including phenoxy) is 2. The van der Waals surface area contributed by atoms with Gasteiger partial charge in [0.05, 0.1) is 31.1 Å². The number of anilines is 1. The first kappa shape index (κ1) is 22.5. The van der Waals surface area contributed by atoms with Crippen LogP contribution in [0.15, 0.2) is 48.5 Å². The Morgan fingerprint density at radius 1 is 0.970 bits per heavy atom. The average Bonchev–Trinajstić information content (AvgIpc) is 3.30. The molecular formula is C23H29N7O3. The van der Waals surface area contributed by atoms with Gasteiger partial charge in [-0.2, -0.15) is 4.68 Å². The second-order valence-electron chi connectivity index (χ2n) is 7.56. The van der Waals surface area contributed by atoms with Crippen molar-refractivity contribution in [1.82, 2.24) is 30.0 Å². The number of hydrogen-bond donors (Lipinski definition) is 1. The van der Waals surface area contributed by atoms with Crippen molar-refractivity contribution in [2.24, 2.45) is 0 Å². The summed E-state index contributed by atoms with van der Waals surface area (Å²) in [5, 5.41) is 15.2. The first-order valence-corrected chi connectivity index (χ1v) is 11.2. The third-order valence-electron chi connectivity index (χ3n) is 5.38. The van der Waals surface area contributed by atoms with Crippen molar-refractivity contribution in [3.63, 3.8) is 0 Å². The SMILES string of the molecule is CCOc1ccc(-n2nnnc2CN2CCN(C(=O)Nc3ccccc3OCC)CC2)cc1. The van der Waals surface area contributed by atoms with E-state index in [1.165, 1.54) is 0 Å². The lowest BCUT2D eigenvalue weighted by atomic mass is 10.3. The Hall–Kier alpha value is -3.66. The summed E-state index contributed by atoms with van der Waals surface area (Å²) >= 11 is 0. The second-order valence-corrected chi connectivity index (χ2v) is 7.56. The van der Waals surface area contributed by atoms with E-state index < -0.39 is 0 Å². The van der Waals surface area contributed by atoms with Crippen LogP contribution in [0.1, 0.15) is 19.7 Å². The molecule has 2 aromatic carbocycles. The molecule has 1 aliphatic rings. The summed E-state index contributed by atoms with van der Waals surface area (Å²) in [5.74, 6) is 2.24. The van der Waals surface area contributed by atoms with Gasteiger partial charge >= 0.3 is 6.03 Å². The summed E-state index contributed by atoms with van der Waals surface area (Å²) in [7, 11) is 0. The Labute approximate surface area is 193 Å². The number of urea groups is 1. The molecular weight excluding hydrogens is 422 g/mol. The number of tetrazole rings is 1. The number of carbonyl (C=O) groups is 1. The number of piperazine rings is 1. The predicted molar refractivity (Wildman–Crippen MR) is 124 cm³/mol. The number of amides is 2. The molecule has 3 aromatic rings. The lowest BCUT2D eigenvalue weighted by Crippen LogP contribution is -2.49. The number of benzene rings is 2. The van der Waals surface area contributed by atoms with Crippen LogP contribution < -0.4 is 14.8 Å². The molecule has 0 bridgehead atoms. The largest absolute Gasteiger partial charge is 0.494 e. The van der Waals surface area contributed by atoms with Gasteiger partial charge in [-0.15, -0.1) is 5.10 Å². The van der Waals surface area contributed by atoms with E-state index in [9.17, 15) is 4.79 Å². The lowest BCUT2D eigenvalue weighted by Gasteiger charge is -2.34. The van der Waals surface area contributed by atoms with Crippen LogP contribution in [-0.4, -0.2) is 75.4 Å². The summed E-state index contributed by atoms with van der Waals surface area (Å²) in [6.07, 6.45) is 0. The number of hydrogen-bond acceptors (Lipinski definition) is 7. The van der Waals surface area contributed by atoms with Crippen LogP contribution in [-0.2, 0) is 6.54 Å². The molecule has 0 saturated carbocycles. The molecule has 0 unspecified atom stereocenters. The van der Waals surface area contributed by atoms with Crippen molar-refractivity contribution in [3.8, 4) is 17.2 Å². The van der Waals surface area contributed by atoms with Crippen molar-refractivity contribution in [2.45, 2.75) is 20.4 Å². The average molecular weight is 452 g/mol. The van der Waals surface area contributed by atoms with Crippen LogP contribution in [0, 0.1) is 0 Å². The van der Waals surface area contributed by atoms with E-state index in [2.05, 4.69) is 25.7 Å². The first-order chi connectivity index (χ1) is 16.2. The van der Waals surface area contributed by atoms with Crippen LogP contribution in [0.25, 0.3) is 5.69 Å². The summed E-state index contributed by atoms with van der Waals surface area (Å²) in [5.41, 5.74) is 1.56. The zero-order chi connectivity index (χ0) is 23.0. The van der Waals surface area contributed by atoms with Gasteiger partial charge in [0.2, 0.25) is 0 Å². The summed E-state index contributed by atoms with van der Waals surface area (Å²) in [6, 6.07) is 15.0. The molecule has 0 atom stereocenters. The fourth-order valence-electron chi connectivity index (χ4n) is 3.71. The molecule has 1 N–H and O–H groups in total. The van der Waals surface area contributed by atoms with Gasteiger partial charge in [-0.25, -0.2) is 4.79 Å². The minimum absolute atomic E-state index is 0.124. The number of nitrogens with zero attached hydrogens (tertiary/aromatic N) is 6. The van der Waals surface area contributed by atoms with E-state index in [-0.39, 0.29) is 6.03 Å². The van der Waals surface area contributed by atoms with Crippen molar-refractivity contribution in [3.05, 3.63) is 54.4 Å². The first-order valence-electron chi connectivity index (χ1n) is 11.2. The molecule has 4 rings (SSSR count). The predicted octanol–water partition coefficient (Wildman–Crippen LogP) is 2.81. The zero-order valence-corrected chi connectivity index (χ0v) is 19.0. The van der Waals surface area contributed by atoms with Crippen molar-refractivity contribution in [1.29, 1.82) is 0 Å². The highest BCUT2D eigenvalue weighted by atomic mass is 16.5. The Morgan fingerprint density at radius 2 is 1.70 bits per heavy atom. The topological polar surface area (TPSA) is 97.6 Å². The van der Waals surface area contributed by atoms with E-state index >= 15 is 0 Å². The minimum Gasteiger partial charge on any atom is -0.494 e. The number of para-hydroxylation sites is 2. The van der Waals surface area contributed by atoms with E-state index in [0.29, 0.717) is 44.3 Å². The van der Waals surface area contributed by atoms with Gasteiger partial charge in [0.15, 0.2) is 5.82 Å². The third-order valence-corrected chi connectivity index (χ3v) is 5.38. The summed E-state index contributed by atoms with van der Waals surface area (Å²) in [6.45, 7) is 8.34. The molecule has 1 aliphatic heterocycles. The molecule has 0 radical (unpaired) electrons. The Morgan fingerprint density at radius 3 is 2.42 bits per heavy atom. The highest BCUT2D eigenvalue weighted by Crippen LogP contribution is 2.24. The van der Waals surface area contributed by atoms with Gasteiger partial charge in [0.25, 0.3) is 0 Å². The quantitative estimate of drug-likeness (QED) is 0.562. The molecule has 1 fully saturated rings. The third kappa shape index (κ3) is 5.58. The fraction of sp³-hybridized carbons (Fsp3) is 0.391. The molecule has 0 aliphatic carbocycles. The Balaban J connectivity index is 1.32. The highest BCUT2D eigenvalue weighted by Gasteiger charge is 2.23. The number of rotatable bonds is 8. The Kier molecular flexibility index (Phi) is 7.36. The molecule has 10 nitrogen and oxygen atoms in total. The lowest BCUT2D eigenvalue weighted by molar-refractivity contribution is 0.140. The van der Waals surface area contributed by atoms with Crippen LogP contribution in [0.5, 0.6) is 11.5 Å². The van der Waals surface area contributed by atoms with E-state index in [1.807, 2.05) is 67.3 Å². The van der Waals surface area contributed by atoms with E-state index in [0.717, 1.165) is 30.4 Å². The van der Waals surface area contributed by atoms with E-state index in [4.69, 9.17) is 9.47 Å². The van der Waals surface area contributed by atoms with Gasteiger partial charge in [-0.3, -0.25) is 4.90 Å². The maximum atomic E-state index is 12.8. The van der Waals surface area contributed by atoms with Crippen molar-refractivity contribution < 1.29 is 14.3 Å². The normalized spacial score (nSPS) is 14.2. The monoisotopic (exact) mass is 451 g/mol. The molecule has 0 spiro atoms. The zero-order valence-electron chi connectivity index (χ0n) is 19.0. The maximum absolute atomic E-state index is 12.8. The standard InChI is InChI=1S/C23H29N7O3/c1-3-32-19-11-9-18(10-12-19)30-22(25-26-27-30)17-28-13-15-29(16-14-28)23(31)24-20-7-5-6-8-21(20)33-4-2/h5-12H,3-4,13-17H2,1-2H3,(H,24,31). The minimum atomic E-state index is -0.124. The number of nitrogens with one attached hydrogen (secondary N) is 1. The molecule has 1 saturated heterocycles. The Bertz CT molecular complexity index is 1050.